The Bertz CT molecular complexity index is 1130. The van der Waals surface area contributed by atoms with E-state index in [1.807, 2.05) is 26.0 Å². The molecule has 10 heteroatoms. The standard InChI is InChI=1S/C26H38N4O5S/c1-16-7-21(35-3)8-17(2)25(16)30-6-4-5-29(36(30,33)34)15-23(32)28-24-19-9-18-10-20(24)13-26(11-18,12-19)14-22(27)31/h7-8,18-20,24H,4-6,9-15H2,1-3H3,(H2,27,31)(H,28,32). The van der Waals surface area contributed by atoms with Gasteiger partial charge in [-0.2, -0.15) is 12.7 Å². The minimum absolute atomic E-state index is 0.00560. The monoisotopic (exact) mass is 518 g/mol. The average Bonchev–Trinajstić information content (AvgIpc) is 2.77. The Morgan fingerprint density at radius 1 is 1.11 bits per heavy atom. The molecule has 6 rings (SSSR count). The quantitative estimate of drug-likeness (QED) is 0.573. The minimum Gasteiger partial charge on any atom is -0.497 e. The smallest absolute Gasteiger partial charge is 0.304 e. The molecule has 3 N–H and O–H groups in total. The maximum absolute atomic E-state index is 13.6. The van der Waals surface area contributed by atoms with E-state index in [-0.39, 0.29) is 29.8 Å². The van der Waals surface area contributed by atoms with Crippen LogP contribution in [0.2, 0.25) is 0 Å². The van der Waals surface area contributed by atoms with E-state index >= 15 is 0 Å². The van der Waals surface area contributed by atoms with Crippen molar-refractivity contribution in [2.75, 3.05) is 31.0 Å². The molecule has 1 heterocycles. The van der Waals surface area contributed by atoms with E-state index in [1.165, 1.54) is 8.61 Å². The second kappa shape index (κ2) is 9.20. The molecule has 5 aliphatic rings. The molecule has 36 heavy (non-hydrogen) atoms. The Hall–Kier alpha value is -2.33. The Kier molecular flexibility index (Phi) is 6.47. The average molecular weight is 519 g/mol. The van der Waals surface area contributed by atoms with E-state index in [2.05, 4.69) is 5.32 Å². The molecule has 1 saturated heterocycles. The molecule has 4 aliphatic carbocycles. The van der Waals surface area contributed by atoms with Crippen LogP contribution in [-0.4, -0.2) is 57.3 Å². The number of benzene rings is 1. The number of methoxy groups -OCH3 is 1. The van der Waals surface area contributed by atoms with Crippen LogP contribution >= 0.6 is 0 Å². The number of amides is 2. The number of hydrogen-bond acceptors (Lipinski definition) is 5. The van der Waals surface area contributed by atoms with E-state index in [0.29, 0.717) is 55.1 Å². The van der Waals surface area contributed by atoms with Crippen molar-refractivity contribution >= 4 is 27.7 Å². The van der Waals surface area contributed by atoms with E-state index in [0.717, 1.165) is 43.2 Å². The van der Waals surface area contributed by atoms with Crippen molar-refractivity contribution in [1.82, 2.24) is 9.62 Å². The number of nitrogens with zero attached hydrogens (tertiary/aromatic N) is 2. The molecule has 2 unspecified atom stereocenters. The molecule has 4 saturated carbocycles. The highest BCUT2D eigenvalue weighted by atomic mass is 32.2. The second-order valence-electron chi connectivity index (χ2n) is 11.6. The number of aryl methyl sites for hydroxylation is 2. The van der Waals surface area contributed by atoms with Gasteiger partial charge >= 0.3 is 10.2 Å². The van der Waals surface area contributed by atoms with Gasteiger partial charge in [-0.05, 0) is 98.8 Å². The molecule has 1 aromatic rings. The van der Waals surface area contributed by atoms with Gasteiger partial charge in [-0.25, -0.2) is 0 Å². The van der Waals surface area contributed by atoms with Crippen LogP contribution in [0.3, 0.4) is 0 Å². The van der Waals surface area contributed by atoms with E-state index in [4.69, 9.17) is 10.5 Å². The van der Waals surface area contributed by atoms with E-state index in [1.54, 1.807) is 7.11 Å². The molecule has 198 valence electrons. The molecular weight excluding hydrogens is 480 g/mol. The Balaban J connectivity index is 1.28. The summed E-state index contributed by atoms with van der Waals surface area (Å²) in [7, 11) is -2.26. The van der Waals surface area contributed by atoms with Crippen LogP contribution in [0.5, 0.6) is 5.75 Å². The molecule has 0 radical (unpaired) electrons. The highest BCUT2D eigenvalue weighted by Gasteiger charge is 2.56. The van der Waals surface area contributed by atoms with Gasteiger partial charge in [0.05, 0.1) is 19.3 Å². The third kappa shape index (κ3) is 4.47. The highest BCUT2D eigenvalue weighted by Crippen LogP contribution is 2.61. The van der Waals surface area contributed by atoms with Gasteiger partial charge in [0.2, 0.25) is 11.8 Å². The van der Waals surface area contributed by atoms with Gasteiger partial charge in [0.25, 0.3) is 0 Å². The van der Waals surface area contributed by atoms with Gasteiger partial charge in [0.1, 0.15) is 5.75 Å². The Labute approximate surface area is 213 Å². The molecule has 0 spiro atoms. The lowest BCUT2D eigenvalue weighted by Gasteiger charge is -2.60. The number of nitrogens with one attached hydrogen (secondary N) is 1. The number of carbonyl (C=O) groups is 2. The normalized spacial score (nSPS) is 32.9. The molecule has 0 aromatic heterocycles. The van der Waals surface area contributed by atoms with Crippen LogP contribution in [0.25, 0.3) is 0 Å². The predicted molar refractivity (Wildman–Crippen MR) is 137 cm³/mol. The third-order valence-corrected chi connectivity index (χ3v) is 10.8. The van der Waals surface area contributed by atoms with Gasteiger partial charge in [0.15, 0.2) is 0 Å². The SMILES string of the molecule is COc1cc(C)c(N2CCCN(CC(=O)NC3C4CC5CC3CC(CC(N)=O)(C5)C4)S2(=O)=O)c(C)c1. The lowest BCUT2D eigenvalue weighted by atomic mass is 9.47. The van der Waals surface area contributed by atoms with Crippen LogP contribution in [0.1, 0.15) is 56.1 Å². The topological polar surface area (TPSA) is 122 Å². The summed E-state index contributed by atoms with van der Waals surface area (Å²) in [5.41, 5.74) is 7.85. The van der Waals surface area contributed by atoms with Crippen molar-refractivity contribution < 1.29 is 22.7 Å². The van der Waals surface area contributed by atoms with Crippen LogP contribution in [0.4, 0.5) is 5.69 Å². The third-order valence-electron chi connectivity index (χ3n) is 8.92. The van der Waals surface area contributed by atoms with Crippen molar-refractivity contribution in [3.05, 3.63) is 23.3 Å². The first-order chi connectivity index (χ1) is 17.0. The number of primary amides is 1. The zero-order valence-electron chi connectivity index (χ0n) is 21.5. The maximum atomic E-state index is 13.6. The second-order valence-corrected chi connectivity index (χ2v) is 13.4. The van der Waals surface area contributed by atoms with Gasteiger partial charge in [-0.1, -0.05) is 0 Å². The van der Waals surface area contributed by atoms with Crippen molar-refractivity contribution in [2.24, 2.45) is 28.9 Å². The summed E-state index contributed by atoms with van der Waals surface area (Å²) in [6, 6.07) is 3.71. The van der Waals surface area contributed by atoms with Crippen molar-refractivity contribution in [2.45, 2.75) is 64.8 Å². The Morgan fingerprint density at radius 3 is 2.33 bits per heavy atom. The number of hydrogen-bond donors (Lipinski definition) is 2. The number of ether oxygens (including phenoxy) is 1. The fourth-order valence-corrected chi connectivity index (χ4v) is 9.78. The molecule has 2 amide bonds. The van der Waals surface area contributed by atoms with Crippen LogP contribution in [0.15, 0.2) is 12.1 Å². The van der Waals surface area contributed by atoms with E-state index < -0.39 is 10.2 Å². The largest absolute Gasteiger partial charge is 0.497 e. The first-order valence-corrected chi connectivity index (χ1v) is 14.4. The lowest BCUT2D eigenvalue weighted by molar-refractivity contribution is -0.134. The summed E-state index contributed by atoms with van der Waals surface area (Å²) in [5, 5.41) is 3.21. The molecule has 9 nitrogen and oxygen atoms in total. The number of anilines is 1. The highest BCUT2D eigenvalue weighted by molar-refractivity contribution is 7.90. The fourth-order valence-electron chi connectivity index (χ4n) is 7.98. The van der Waals surface area contributed by atoms with Gasteiger partial charge < -0.3 is 15.8 Å². The molecule has 1 aromatic carbocycles. The van der Waals surface area contributed by atoms with Gasteiger partial charge in [0, 0.05) is 25.6 Å². The molecule has 2 atom stereocenters. The summed E-state index contributed by atoms with van der Waals surface area (Å²) < 4.78 is 35.2. The summed E-state index contributed by atoms with van der Waals surface area (Å²) >= 11 is 0. The van der Waals surface area contributed by atoms with E-state index in [9.17, 15) is 18.0 Å². The zero-order chi connectivity index (χ0) is 25.8. The molecule has 5 fully saturated rings. The number of nitrogens with two attached hydrogens (primary N) is 1. The summed E-state index contributed by atoms with van der Waals surface area (Å²) in [6.07, 6.45) is 6.10. The van der Waals surface area contributed by atoms with Crippen LogP contribution < -0.4 is 20.1 Å². The van der Waals surface area contributed by atoms with Crippen molar-refractivity contribution in [3.8, 4) is 5.75 Å². The molecule has 4 bridgehead atoms. The zero-order valence-corrected chi connectivity index (χ0v) is 22.3. The predicted octanol–water partition coefficient (Wildman–Crippen LogP) is 2.26. The Morgan fingerprint density at radius 2 is 1.75 bits per heavy atom. The van der Waals surface area contributed by atoms with Crippen molar-refractivity contribution in [3.63, 3.8) is 0 Å². The summed E-state index contributed by atoms with van der Waals surface area (Å²) in [4.78, 5) is 24.9. The van der Waals surface area contributed by atoms with Gasteiger partial charge in [-0.3, -0.25) is 13.9 Å². The van der Waals surface area contributed by atoms with Crippen LogP contribution in [0, 0.1) is 37.0 Å². The fraction of sp³-hybridized carbons (Fsp3) is 0.692. The first-order valence-electron chi connectivity index (χ1n) is 13.0. The maximum Gasteiger partial charge on any atom is 0.304 e. The lowest BCUT2D eigenvalue weighted by Crippen LogP contribution is -2.61. The summed E-state index contributed by atoms with van der Waals surface area (Å²) in [5.74, 6) is 1.47. The first kappa shape index (κ1) is 25.3. The minimum atomic E-state index is -3.85. The number of rotatable bonds is 7. The van der Waals surface area contributed by atoms with Gasteiger partial charge in [-0.15, -0.1) is 0 Å². The van der Waals surface area contributed by atoms with Crippen molar-refractivity contribution in [1.29, 1.82) is 0 Å². The van der Waals surface area contributed by atoms with Crippen LogP contribution in [-0.2, 0) is 19.8 Å². The number of carbonyl (C=O) groups excluding carboxylic acids is 2. The molecular formula is C26H38N4O5S. The summed E-state index contributed by atoms with van der Waals surface area (Å²) in [6.45, 7) is 4.28. The molecule has 1 aliphatic heterocycles.